The monoisotopic (exact) mass is 315 g/mol. The van der Waals surface area contributed by atoms with Gasteiger partial charge in [-0.15, -0.1) is 12.4 Å². The second-order valence-corrected chi connectivity index (χ2v) is 5.73. The Balaban J connectivity index is 0.00000220. The summed E-state index contributed by atoms with van der Waals surface area (Å²) in [4.78, 5) is 11.6. The zero-order chi connectivity index (χ0) is 14.9. The van der Waals surface area contributed by atoms with Gasteiger partial charge in [-0.1, -0.05) is 13.8 Å². The minimum Gasteiger partial charge on any atom is -0.496 e. The number of hydrogen-bond acceptors (Lipinski definition) is 4. The van der Waals surface area contributed by atoms with Crippen LogP contribution in [0.3, 0.4) is 0 Å². The summed E-state index contributed by atoms with van der Waals surface area (Å²) in [6, 6.07) is 3.65. The van der Waals surface area contributed by atoms with Crippen LogP contribution in [0.5, 0.6) is 11.5 Å². The van der Waals surface area contributed by atoms with Crippen LogP contribution in [-0.2, 0) is 4.74 Å². The molecule has 0 saturated carbocycles. The number of hydrogen-bond donors (Lipinski definition) is 1. The topological polar surface area (TPSA) is 56.8 Å². The molecule has 0 bridgehead atoms. The lowest BCUT2D eigenvalue weighted by molar-refractivity contribution is 0.0374. The molecule has 118 valence electrons. The van der Waals surface area contributed by atoms with Crippen LogP contribution in [0.2, 0.25) is 0 Å². The van der Waals surface area contributed by atoms with Gasteiger partial charge in [-0.25, -0.2) is 4.79 Å². The maximum Gasteiger partial charge on any atom is 0.407 e. The second kappa shape index (κ2) is 6.43. The number of carbonyl (C=O) groups excluding carboxylic acids is 1. The maximum atomic E-state index is 11.6. The second-order valence-electron chi connectivity index (χ2n) is 5.73. The summed E-state index contributed by atoms with van der Waals surface area (Å²) in [5, 5.41) is 2.87. The molecule has 1 saturated heterocycles. The molecule has 1 atom stereocenters. The Morgan fingerprint density at radius 1 is 1.24 bits per heavy atom. The van der Waals surface area contributed by atoms with E-state index in [2.05, 4.69) is 5.32 Å². The predicted molar refractivity (Wildman–Crippen MR) is 82.5 cm³/mol. The van der Waals surface area contributed by atoms with Crippen LogP contribution in [0, 0.1) is 12.3 Å². The number of carbonyl (C=O) groups is 1. The van der Waals surface area contributed by atoms with E-state index in [0.717, 1.165) is 11.1 Å². The van der Waals surface area contributed by atoms with Gasteiger partial charge in [0, 0.05) is 5.41 Å². The highest BCUT2D eigenvalue weighted by Gasteiger charge is 2.41. The van der Waals surface area contributed by atoms with Crippen molar-refractivity contribution >= 4 is 18.5 Å². The van der Waals surface area contributed by atoms with Crippen LogP contribution < -0.4 is 14.8 Å². The van der Waals surface area contributed by atoms with Crippen molar-refractivity contribution < 1.29 is 19.0 Å². The molecule has 1 aliphatic heterocycles. The Morgan fingerprint density at radius 3 is 2.24 bits per heavy atom. The molecule has 0 radical (unpaired) electrons. The minimum atomic E-state index is -0.418. The quantitative estimate of drug-likeness (QED) is 0.930. The Kier molecular flexibility index (Phi) is 5.34. The molecule has 1 N–H and O–H groups in total. The molecule has 0 spiro atoms. The van der Waals surface area contributed by atoms with Crippen LogP contribution in [0.15, 0.2) is 12.1 Å². The number of rotatable bonds is 3. The largest absolute Gasteiger partial charge is 0.496 e. The average Bonchev–Trinajstić information content (AvgIpc) is 2.40. The first-order valence-electron chi connectivity index (χ1n) is 6.55. The van der Waals surface area contributed by atoms with E-state index in [-0.39, 0.29) is 23.9 Å². The molecule has 2 rings (SSSR count). The summed E-state index contributed by atoms with van der Waals surface area (Å²) in [6.07, 6.45) is -0.418. The fourth-order valence-corrected chi connectivity index (χ4v) is 2.51. The van der Waals surface area contributed by atoms with Gasteiger partial charge in [-0.2, -0.15) is 0 Å². The van der Waals surface area contributed by atoms with E-state index in [4.69, 9.17) is 14.2 Å². The molecule has 1 aliphatic rings. The molecule has 1 heterocycles. The van der Waals surface area contributed by atoms with Gasteiger partial charge in [-0.05, 0) is 24.6 Å². The Labute approximate surface area is 131 Å². The molecule has 6 heteroatoms. The Morgan fingerprint density at radius 2 is 1.76 bits per heavy atom. The summed E-state index contributed by atoms with van der Waals surface area (Å²) >= 11 is 0. The maximum absolute atomic E-state index is 11.6. The third-order valence-corrected chi connectivity index (χ3v) is 3.60. The number of halogens is 1. The average molecular weight is 316 g/mol. The van der Waals surface area contributed by atoms with E-state index < -0.39 is 6.09 Å². The van der Waals surface area contributed by atoms with Crippen molar-refractivity contribution in [2.24, 2.45) is 5.41 Å². The molecular weight excluding hydrogens is 294 g/mol. The highest BCUT2D eigenvalue weighted by atomic mass is 35.5. The number of aryl methyl sites for hydroxylation is 1. The molecule has 1 fully saturated rings. The lowest BCUT2D eigenvalue weighted by Gasteiger charge is -2.39. The van der Waals surface area contributed by atoms with Gasteiger partial charge in [0.1, 0.15) is 18.1 Å². The number of alkyl carbamates (subject to hydrolysis) is 1. The standard InChI is InChI=1S/C15H21NO4.ClH/c1-9-6-10(18-4)12(11(7-9)19-5)13-15(2,3)8-20-14(17)16-13;/h6-7,13H,8H2,1-5H3,(H,16,17);1H/t13-;/m1./s1. The highest BCUT2D eigenvalue weighted by Crippen LogP contribution is 2.45. The van der Waals surface area contributed by atoms with Crippen molar-refractivity contribution in [2.75, 3.05) is 20.8 Å². The van der Waals surface area contributed by atoms with Crippen molar-refractivity contribution in [3.63, 3.8) is 0 Å². The molecule has 5 nitrogen and oxygen atoms in total. The Hall–Kier alpha value is -1.62. The molecule has 1 aromatic rings. The lowest BCUT2D eigenvalue weighted by atomic mass is 9.79. The fraction of sp³-hybridized carbons (Fsp3) is 0.533. The summed E-state index contributed by atoms with van der Waals surface area (Å²) in [5.41, 5.74) is 1.63. The van der Waals surface area contributed by atoms with Crippen molar-refractivity contribution in [2.45, 2.75) is 26.8 Å². The van der Waals surface area contributed by atoms with Gasteiger partial charge < -0.3 is 19.5 Å². The summed E-state index contributed by atoms with van der Waals surface area (Å²) < 4.78 is 16.0. The van der Waals surface area contributed by atoms with Crippen molar-refractivity contribution in [3.05, 3.63) is 23.3 Å². The fourth-order valence-electron chi connectivity index (χ4n) is 2.51. The first kappa shape index (κ1) is 17.4. The van der Waals surface area contributed by atoms with E-state index >= 15 is 0 Å². The third-order valence-electron chi connectivity index (χ3n) is 3.60. The molecule has 1 amide bonds. The van der Waals surface area contributed by atoms with Crippen molar-refractivity contribution in [3.8, 4) is 11.5 Å². The SMILES string of the molecule is COc1cc(C)cc(OC)c1[C@H]1NC(=O)OCC1(C)C.Cl. The zero-order valence-corrected chi connectivity index (χ0v) is 13.8. The van der Waals surface area contributed by atoms with Crippen LogP contribution in [0.1, 0.15) is 31.0 Å². The van der Waals surface area contributed by atoms with Crippen LogP contribution in [0.25, 0.3) is 0 Å². The summed E-state index contributed by atoms with van der Waals surface area (Å²) in [5.74, 6) is 1.42. The van der Waals surface area contributed by atoms with Gasteiger partial charge in [0.25, 0.3) is 0 Å². The van der Waals surface area contributed by atoms with E-state index in [1.54, 1.807) is 14.2 Å². The number of benzene rings is 1. The van der Waals surface area contributed by atoms with Crippen LogP contribution in [0.4, 0.5) is 4.79 Å². The van der Waals surface area contributed by atoms with E-state index in [0.29, 0.717) is 18.1 Å². The van der Waals surface area contributed by atoms with Gasteiger partial charge >= 0.3 is 6.09 Å². The van der Waals surface area contributed by atoms with Gasteiger partial charge in [0.05, 0.1) is 25.8 Å². The first-order chi connectivity index (χ1) is 9.39. The van der Waals surface area contributed by atoms with E-state index in [1.807, 2.05) is 32.9 Å². The number of cyclic esters (lactones) is 1. The van der Waals surface area contributed by atoms with Crippen molar-refractivity contribution in [1.29, 1.82) is 0 Å². The molecule has 0 unspecified atom stereocenters. The van der Waals surface area contributed by atoms with Gasteiger partial charge in [-0.3, -0.25) is 0 Å². The van der Waals surface area contributed by atoms with Crippen LogP contribution in [-0.4, -0.2) is 26.9 Å². The molecular formula is C15H22ClNO4. The van der Waals surface area contributed by atoms with Gasteiger partial charge in [0.2, 0.25) is 0 Å². The number of ether oxygens (including phenoxy) is 3. The summed E-state index contributed by atoms with van der Waals surface area (Å²) in [6.45, 7) is 6.40. The van der Waals surface area contributed by atoms with Gasteiger partial charge in [0.15, 0.2) is 0 Å². The number of amides is 1. The Bertz CT molecular complexity index is 505. The van der Waals surface area contributed by atoms with E-state index in [9.17, 15) is 4.79 Å². The van der Waals surface area contributed by atoms with Crippen LogP contribution >= 0.6 is 12.4 Å². The minimum absolute atomic E-state index is 0. The molecule has 0 aliphatic carbocycles. The zero-order valence-electron chi connectivity index (χ0n) is 13.0. The number of methoxy groups -OCH3 is 2. The summed E-state index contributed by atoms with van der Waals surface area (Å²) in [7, 11) is 3.23. The molecule has 0 aromatic heterocycles. The third kappa shape index (κ3) is 3.35. The first-order valence-corrected chi connectivity index (χ1v) is 6.55. The normalized spacial score (nSPS) is 19.9. The smallest absolute Gasteiger partial charge is 0.407 e. The lowest BCUT2D eigenvalue weighted by Crippen LogP contribution is -2.47. The molecule has 1 aromatic carbocycles. The highest BCUT2D eigenvalue weighted by molar-refractivity contribution is 5.85. The van der Waals surface area contributed by atoms with Crippen molar-refractivity contribution in [1.82, 2.24) is 5.32 Å². The predicted octanol–water partition coefficient (Wildman–Crippen LogP) is 3.24. The molecule has 21 heavy (non-hydrogen) atoms. The number of nitrogens with one attached hydrogen (secondary N) is 1. The van der Waals surface area contributed by atoms with E-state index in [1.165, 1.54) is 0 Å².